The van der Waals surface area contributed by atoms with Crippen LogP contribution >= 0.6 is 0 Å². The first-order valence-electron chi connectivity index (χ1n) is 4.76. The van der Waals surface area contributed by atoms with Crippen LogP contribution in [0.5, 0.6) is 0 Å². The monoisotopic (exact) mass is 184 g/mol. The first-order valence-corrected chi connectivity index (χ1v) is 4.76. The van der Waals surface area contributed by atoms with Crippen LogP contribution in [0.25, 0.3) is 0 Å². The van der Waals surface area contributed by atoms with Crippen LogP contribution in [0.3, 0.4) is 0 Å². The van der Waals surface area contributed by atoms with Crippen LogP contribution in [0.4, 0.5) is 4.39 Å². The molecule has 1 aromatic heterocycles. The lowest BCUT2D eigenvalue weighted by molar-refractivity contribution is 0.336. The van der Waals surface area contributed by atoms with Crippen LogP contribution in [0.15, 0.2) is 4.52 Å². The van der Waals surface area contributed by atoms with Crippen LogP contribution in [0.2, 0.25) is 0 Å². The molecule has 4 heteroatoms. The fraction of sp³-hybridized carbons (Fsp3) is 0.778. The predicted octanol–water partition coefficient (Wildman–Crippen LogP) is 2.24. The number of halogens is 1. The second-order valence-corrected chi connectivity index (χ2v) is 3.51. The molecule has 1 saturated carbocycles. The molecule has 1 heterocycles. The molecule has 1 aromatic rings. The van der Waals surface area contributed by atoms with E-state index in [9.17, 15) is 4.39 Å². The Kier molecular flexibility index (Phi) is 2.29. The normalized spacial score (nSPS) is 28.2. The summed E-state index contributed by atoms with van der Waals surface area (Å²) in [5.41, 5.74) is 0. The number of alkyl halides is 1. The van der Waals surface area contributed by atoms with Crippen LogP contribution in [0, 0.1) is 0 Å². The minimum atomic E-state index is -0.673. The average molecular weight is 184 g/mol. The average Bonchev–Trinajstić information content (AvgIpc) is 2.71. The smallest absolute Gasteiger partial charge is 0.226 e. The van der Waals surface area contributed by atoms with Crippen molar-refractivity contribution >= 4 is 0 Å². The summed E-state index contributed by atoms with van der Waals surface area (Å²) in [5, 5.41) is 3.85. The molecule has 2 rings (SSSR count). The molecule has 0 bridgehead atoms. The lowest BCUT2D eigenvalue weighted by Gasteiger charge is -1.99. The molecule has 0 radical (unpaired) electrons. The van der Waals surface area contributed by atoms with Crippen LogP contribution in [-0.2, 0) is 6.42 Å². The van der Waals surface area contributed by atoms with E-state index in [2.05, 4.69) is 10.1 Å². The molecule has 1 aliphatic carbocycles. The summed E-state index contributed by atoms with van der Waals surface area (Å²) in [4.78, 5) is 4.20. The maximum atomic E-state index is 12.9. The molecule has 3 nitrogen and oxygen atoms in total. The van der Waals surface area contributed by atoms with Gasteiger partial charge in [-0.3, -0.25) is 0 Å². The second-order valence-electron chi connectivity index (χ2n) is 3.51. The van der Waals surface area contributed by atoms with Gasteiger partial charge in [-0.1, -0.05) is 12.1 Å². The van der Waals surface area contributed by atoms with Gasteiger partial charge in [-0.25, -0.2) is 4.39 Å². The number of nitrogens with zero attached hydrogens (tertiary/aromatic N) is 2. The third-order valence-corrected chi connectivity index (χ3v) is 2.52. The van der Waals surface area contributed by atoms with Crippen molar-refractivity contribution in [2.75, 3.05) is 0 Å². The van der Waals surface area contributed by atoms with Gasteiger partial charge in [0.1, 0.15) is 6.17 Å². The van der Waals surface area contributed by atoms with Gasteiger partial charge in [-0.2, -0.15) is 4.98 Å². The lowest BCUT2D eigenvalue weighted by atomic mass is 10.1. The Bertz CT molecular complexity index is 287. The summed E-state index contributed by atoms with van der Waals surface area (Å²) in [6.45, 7) is 1.96. The molecule has 2 atom stereocenters. The summed E-state index contributed by atoms with van der Waals surface area (Å²) < 4.78 is 17.8. The SMILES string of the molecule is CCc1nc(C2CCC(F)C2)no1. The van der Waals surface area contributed by atoms with Gasteiger partial charge in [0.05, 0.1) is 0 Å². The Hall–Kier alpha value is -0.930. The molecule has 0 aromatic carbocycles. The van der Waals surface area contributed by atoms with Gasteiger partial charge in [0, 0.05) is 12.3 Å². The van der Waals surface area contributed by atoms with E-state index >= 15 is 0 Å². The number of hydrogen-bond donors (Lipinski definition) is 0. The Morgan fingerprint density at radius 2 is 2.38 bits per heavy atom. The molecule has 0 aliphatic heterocycles. The summed E-state index contributed by atoms with van der Waals surface area (Å²) in [7, 11) is 0. The molecule has 13 heavy (non-hydrogen) atoms. The third-order valence-electron chi connectivity index (χ3n) is 2.52. The lowest BCUT2D eigenvalue weighted by Crippen LogP contribution is -1.97. The van der Waals surface area contributed by atoms with Crippen molar-refractivity contribution in [2.24, 2.45) is 0 Å². The first-order chi connectivity index (χ1) is 6.29. The van der Waals surface area contributed by atoms with Crippen LogP contribution < -0.4 is 0 Å². The molecular weight excluding hydrogens is 171 g/mol. The highest BCUT2D eigenvalue weighted by molar-refractivity contribution is 4.99. The fourth-order valence-electron chi connectivity index (χ4n) is 1.74. The van der Waals surface area contributed by atoms with Crippen molar-refractivity contribution in [2.45, 2.75) is 44.7 Å². The molecule has 2 unspecified atom stereocenters. The molecular formula is C9H13FN2O. The number of rotatable bonds is 2. The molecule has 0 amide bonds. The number of aromatic nitrogens is 2. The van der Waals surface area contributed by atoms with E-state index in [1.807, 2.05) is 6.92 Å². The zero-order valence-electron chi connectivity index (χ0n) is 7.66. The zero-order chi connectivity index (χ0) is 9.26. The highest BCUT2D eigenvalue weighted by Crippen LogP contribution is 2.34. The minimum Gasteiger partial charge on any atom is -0.339 e. The quantitative estimate of drug-likeness (QED) is 0.707. The third kappa shape index (κ3) is 1.71. The maximum absolute atomic E-state index is 12.9. The van der Waals surface area contributed by atoms with Crippen molar-refractivity contribution in [3.05, 3.63) is 11.7 Å². The fourth-order valence-corrected chi connectivity index (χ4v) is 1.74. The van der Waals surface area contributed by atoms with Gasteiger partial charge in [0.2, 0.25) is 5.89 Å². The number of aryl methyl sites for hydroxylation is 1. The topological polar surface area (TPSA) is 38.9 Å². The van der Waals surface area contributed by atoms with E-state index in [1.54, 1.807) is 0 Å². The summed E-state index contributed by atoms with van der Waals surface area (Å²) in [5.74, 6) is 1.52. The van der Waals surface area contributed by atoms with Crippen molar-refractivity contribution < 1.29 is 8.91 Å². The van der Waals surface area contributed by atoms with Gasteiger partial charge in [-0.05, 0) is 19.3 Å². The molecule has 0 spiro atoms. The molecule has 72 valence electrons. The Morgan fingerprint density at radius 3 is 2.92 bits per heavy atom. The summed E-state index contributed by atoms with van der Waals surface area (Å²) in [6.07, 6.45) is 2.12. The molecule has 0 N–H and O–H groups in total. The van der Waals surface area contributed by atoms with Gasteiger partial charge in [-0.15, -0.1) is 0 Å². The van der Waals surface area contributed by atoms with Crippen molar-refractivity contribution in [3.63, 3.8) is 0 Å². The standard InChI is InChI=1S/C9H13FN2O/c1-2-8-11-9(12-13-8)6-3-4-7(10)5-6/h6-7H,2-5H2,1H3. The molecule has 0 saturated heterocycles. The van der Waals surface area contributed by atoms with E-state index < -0.39 is 6.17 Å². The van der Waals surface area contributed by atoms with Crippen LogP contribution in [-0.4, -0.2) is 16.3 Å². The van der Waals surface area contributed by atoms with Crippen molar-refractivity contribution in [1.82, 2.24) is 10.1 Å². The maximum Gasteiger partial charge on any atom is 0.226 e. The van der Waals surface area contributed by atoms with Crippen LogP contribution in [0.1, 0.15) is 43.8 Å². The van der Waals surface area contributed by atoms with E-state index in [0.717, 1.165) is 12.8 Å². The van der Waals surface area contributed by atoms with Crippen molar-refractivity contribution in [3.8, 4) is 0 Å². The second kappa shape index (κ2) is 3.44. The molecule has 1 fully saturated rings. The minimum absolute atomic E-state index is 0.180. The van der Waals surface area contributed by atoms with Gasteiger partial charge >= 0.3 is 0 Å². The Labute approximate surface area is 76.3 Å². The highest BCUT2D eigenvalue weighted by atomic mass is 19.1. The molecule has 1 aliphatic rings. The van der Waals surface area contributed by atoms with E-state index in [4.69, 9.17) is 4.52 Å². The van der Waals surface area contributed by atoms with E-state index in [0.29, 0.717) is 24.6 Å². The zero-order valence-corrected chi connectivity index (χ0v) is 7.66. The van der Waals surface area contributed by atoms with Gasteiger partial charge in [0.15, 0.2) is 5.82 Å². The van der Waals surface area contributed by atoms with Crippen molar-refractivity contribution in [1.29, 1.82) is 0 Å². The van der Waals surface area contributed by atoms with E-state index in [1.165, 1.54) is 0 Å². The Morgan fingerprint density at radius 1 is 1.54 bits per heavy atom. The highest BCUT2D eigenvalue weighted by Gasteiger charge is 2.28. The van der Waals surface area contributed by atoms with Gasteiger partial charge in [0.25, 0.3) is 0 Å². The van der Waals surface area contributed by atoms with E-state index in [-0.39, 0.29) is 5.92 Å². The largest absolute Gasteiger partial charge is 0.339 e. The Balaban J connectivity index is 2.08. The van der Waals surface area contributed by atoms with Gasteiger partial charge < -0.3 is 4.52 Å². The first kappa shape index (κ1) is 8.66. The summed E-state index contributed by atoms with van der Waals surface area (Å²) >= 11 is 0. The number of hydrogen-bond acceptors (Lipinski definition) is 3. The summed E-state index contributed by atoms with van der Waals surface area (Å²) in [6, 6.07) is 0. The predicted molar refractivity (Wildman–Crippen MR) is 45.2 cm³/mol.